The molecule has 0 aliphatic rings. The number of benzene rings is 1. The average Bonchev–Trinajstić information content (AvgIpc) is 2.37. The van der Waals surface area contributed by atoms with E-state index >= 15 is 0 Å². The number of nitro benzene ring substituents is 1. The number of nitrogens with zero attached hydrogens (tertiary/aromatic N) is 3. The maximum absolute atomic E-state index is 13.5. The van der Waals surface area contributed by atoms with E-state index in [1.54, 1.807) is 0 Å². The fraction of sp³-hybridized carbons (Fsp3) is 0. The molecule has 2 aromatic rings. The summed E-state index contributed by atoms with van der Waals surface area (Å²) >= 11 is 5.56. The fourth-order valence-electron chi connectivity index (χ4n) is 1.39. The zero-order valence-corrected chi connectivity index (χ0v) is 11.6. The van der Waals surface area contributed by atoms with Gasteiger partial charge in [-0.05, 0) is 6.07 Å². The van der Waals surface area contributed by atoms with Crippen LogP contribution in [-0.2, 0) is 10.0 Å². The molecule has 1 N–H and O–H groups in total. The third-order valence-electron chi connectivity index (χ3n) is 2.27. The Bertz CT molecular complexity index is 814. The Hall–Kier alpha value is -2.33. The standard InChI is InChI=1S/C10H6ClFN4O4S/c11-9-4-13-5-10(14-9)15-21(19,20)6-1-2-8(16(17)18)7(12)3-6/h1-5H,(H,14,15). The predicted octanol–water partition coefficient (Wildman–Crippen LogP) is 1.98. The summed E-state index contributed by atoms with van der Waals surface area (Å²) in [5.41, 5.74) is -0.823. The van der Waals surface area contributed by atoms with Crippen molar-refractivity contribution in [2.75, 3.05) is 4.72 Å². The van der Waals surface area contributed by atoms with Gasteiger partial charge in [-0.2, -0.15) is 4.39 Å². The molecule has 0 bridgehead atoms. The summed E-state index contributed by atoms with van der Waals surface area (Å²) in [6.07, 6.45) is 2.30. The third kappa shape index (κ3) is 3.41. The summed E-state index contributed by atoms with van der Waals surface area (Å²) in [6, 6.07) is 2.20. The molecule has 110 valence electrons. The molecule has 0 atom stereocenters. The number of aromatic nitrogens is 2. The van der Waals surface area contributed by atoms with Gasteiger partial charge in [-0.15, -0.1) is 0 Å². The summed E-state index contributed by atoms with van der Waals surface area (Å²) in [4.78, 5) is 16.3. The highest BCUT2D eigenvalue weighted by atomic mass is 35.5. The minimum absolute atomic E-state index is 0.0370. The largest absolute Gasteiger partial charge is 0.304 e. The Balaban J connectivity index is 2.36. The zero-order chi connectivity index (χ0) is 15.6. The van der Waals surface area contributed by atoms with E-state index in [9.17, 15) is 22.9 Å². The van der Waals surface area contributed by atoms with Crippen molar-refractivity contribution >= 4 is 33.1 Å². The smallest absolute Gasteiger partial charge is 0.262 e. The van der Waals surface area contributed by atoms with Crippen LogP contribution in [0.2, 0.25) is 5.15 Å². The van der Waals surface area contributed by atoms with Crippen molar-refractivity contribution in [1.82, 2.24) is 9.97 Å². The summed E-state index contributed by atoms with van der Waals surface area (Å²) in [6.45, 7) is 0. The van der Waals surface area contributed by atoms with Gasteiger partial charge in [-0.1, -0.05) is 11.6 Å². The van der Waals surface area contributed by atoms with Gasteiger partial charge in [0.05, 0.1) is 22.2 Å². The van der Waals surface area contributed by atoms with E-state index in [1.165, 1.54) is 6.20 Å². The minimum atomic E-state index is -4.17. The Morgan fingerprint density at radius 2 is 2.05 bits per heavy atom. The minimum Gasteiger partial charge on any atom is -0.262 e. The average molecular weight is 333 g/mol. The van der Waals surface area contributed by atoms with Gasteiger partial charge in [0, 0.05) is 12.1 Å². The highest BCUT2D eigenvalue weighted by Gasteiger charge is 2.21. The molecule has 0 unspecified atom stereocenters. The number of nitrogens with one attached hydrogen (secondary N) is 1. The van der Waals surface area contributed by atoms with Crippen molar-refractivity contribution in [2.45, 2.75) is 4.90 Å². The molecule has 0 spiro atoms. The maximum Gasteiger partial charge on any atom is 0.304 e. The zero-order valence-electron chi connectivity index (χ0n) is 10.0. The van der Waals surface area contributed by atoms with Gasteiger partial charge in [0.1, 0.15) is 5.15 Å². The first kappa shape index (κ1) is 15.1. The maximum atomic E-state index is 13.5. The molecule has 21 heavy (non-hydrogen) atoms. The summed E-state index contributed by atoms with van der Waals surface area (Å²) in [7, 11) is -4.17. The molecule has 0 aliphatic carbocycles. The summed E-state index contributed by atoms with van der Waals surface area (Å²) in [5.74, 6) is -1.43. The first-order valence-electron chi connectivity index (χ1n) is 5.24. The van der Waals surface area contributed by atoms with Crippen LogP contribution in [0, 0.1) is 15.9 Å². The van der Waals surface area contributed by atoms with Crippen LogP contribution in [0.4, 0.5) is 15.9 Å². The lowest BCUT2D eigenvalue weighted by Crippen LogP contribution is -2.14. The SMILES string of the molecule is O=[N+]([O-])c1ccc(S(=O)(=O)Nc2cncc(Cl)n2)cc1F. The molecule has 1 aromatic carbocycles. The second-order valence-corrected chi connectivity index (χ2v) is 5.77. The van der Waals surface area contributed by atoms with Crippen molar-refractivity contribution in [3.63, 3.8) is 0 Å². The molecule has 1 heterocycles. The Labute approximate surface area is 122 Å². The van der Waals surface area contributed by atoms with Gasteiger partial charge < -0.3 is 0 Å². The molecule has 2 rings (SSSR count). The van der Waals surface area contributed by atoms with Gasteiger partial charge in [-0.25, -0.2) is 13.4 Å². The lowest BCUT2D eigenvalue weighted by Gasteiger charge is -2.07. The van der Waals surface area contributed by atoms with Crippen LogP contribution < -0.4 is 4.72 Å². The van der Waals surface area contributed by atoms with Crippen LogP contribution in [0.1, 0.15) is 0 Å². The second kappa shape index (κ2) is 5.58. The predicted molar refractivity (Wildman–Crippen MR) is 70.9 cm³/mol. The molecule has 0 saturated heterocycles. The molecule has 1 aromatic heterocycles. The van der Waals surface area contributed by atoms with E-state index < -0.39 is 31.3 Å². The van der Waals surface area contributed by atoms with E-state index in [-0.39, 0.29) is 11.0 Å². The molecular weight excluding hydrogens is 327 g/mol. The van der Waals surface area contributed by atoms with Gasteiger partial charge in [0.2, 0.25) is 5.82 Å². The number of hydrogen-bond donors (Lipinski definition) is 1. The molecule has 0 aliphatic heterocycles. The van der Waals surface area contributed by atoms with Crippen LogP contribution in [0.25, 0.3) is 0 Å². The van der Waals surface area contributed by atoms with E-state index in [4.69, 9.17) is 11.6 Å². The Kier molecular flexibility index (Phi) is 4.00. The number of rotatable bonds is 4. The van der Waals surface area contributed by atoms with Gasteiger partial charge in [0.15, 0.2) is 5.82 Å². The lowest BCUT2D eigenvalue weighted by atomic mass is 10.3. The third-order valence-corrected chi connectivity index (χ3v) is 3.80. The molecule has 0 radical (unpaired) electrons. The molecular formula is C10H6ClFN4O4S. The van der Waals surface area contributed by atoms with Gasteiger partial charge in [0.25, 0.3) is 10.0 Å². The topological polar surface area (TPSA) is 115 Å². The monoisotopic (exact) mass is 332 g/mol. The van der Waals surface area contributed by atoms with Crippen LogP contribution in [-0.4, -0.2) is 23.3 Å². The van der Waals surface area contributed by atoms with Gasteiger partial charge in [-0.3, -0.25) is 19.8 Å². The number of hydrogen-bond acceptors (Lipinski definition) is 6. The fourth-order valence-corrected chi connectivity index (χ4v) is 2.54. The highest BCUT2D eigenvalue weighted by Crippen LogP contribution is 2.22. The van der Waals surface area contributed by atoms with E-state index in [1.807, 2.05) is 4.72 Å². The highest BCUT2D eigenvalue weighted by molar-refractivity contribution is 7.92. The first-order valence-corrected chi connectivity index (χ1v) is 7.10. The number of anilines is 1. The van der Waals surface area contributed by atoms with Crippen molar-refractivity contribution in [3.05, 3.63) is 51.7 Å². The number of sulfonamides is 1. The van der Waals surface area contributed by atoms with E-state index in [0.717, 1.165) is 18.3 Å². The van der Waals surface area contributed by atoms with Crippen LogP contribution in [0.3, 0.4) is 0 Å². The molecule has 0 fully saturated rings. The molecule has 0 amide bonds. The lowest BCUT2D eigenvalue weighted by molar-refractivity contribution is -0.387. The van der Waals surface area contributed by atoms with Crippen LogP contribution in [0.5, 0.6) is 0 Å². The van der Waals surface area contributed by atoms with Crippen molar-refractivity contribution < 1.29 is 17.7 Å². The summed E-state index contributed by atoms with van der Waals surface area (Å²) < 4.78 is 39.5. The van der Waals surface area contributed by atoms with Crippen LogP contribution >= 0.6 is 11.6 Å². The Morgan fingerprint density at radius 3 is 2.62 bits per heavy atom. The van der Waals surface area contributed by atoms with Gasteiger partial charge >= 0.3 is 5.69 Å². The first-order chi connectivity index (χ1) is 9.79. The number of nitro groups is 1. The number of halogens is 2. The van der Waals surface area contributed by atoms with Crippen molar-refractivity contribution in [2.24, 2.45) is 0 Å². The summed E-state index contributed by atoms with van der Waals surface area (Å²) in [5, 5.41) is 10.4. The Morgan fingerprint density at radius 1 is 1.33 bits per heavy atom. The van der Waals surface area contributed by atoms with E-state index in [2.05, 4.69) is 9.97 Å². The quantitative estimate of drug-likeness (QED) is 0.676. The molecule has 11 heteroatoms. The molecule has 8 nitrogen and oxygen atoms in total. The van der Waals surface area contributed by atoms with Crippen molar-refractivity contribution in [1.29, 1.82) is 0 Å². The second-order valence-electron chi connectivity index (χ2n) is 3.70. The molecule has 0 saturated carbocycles. The van der Waals surface area contributed by atoms with Crippen molar-refractivity contribution in [3.8, 4) is 0 Å². The van der Waals surface area contributed by atoms with E-state index in [0.29, 0.717) is 6.07 Å². The van der Waals surface area contributed by atoms with Crippen LogP contribution in [0.15, 0.2) is 35.5 Å². The normalized spacial score (nSPS) is 11.1.